The molecule has 0 radical (unpaired) electrons. The molecule has 2 fully saturated rings. The summed E-state index contributed by atoms with van der Waals surface area (Å²) in [6.07, 6.45) is 3.27. The van der Waals surface area contributed by atoms with Crippen LogP contribution in [0.1, 0.15) is 33.1 Å². The van der Waals surface area contributed by atoms with Crippen molar-refractivity contribution < 1.29 is 9.53 Å². The molecule has 0 aromatic heterocycles. The minimum atomic E-state index is 0. The number of hydrogen-bond donors (Lipinski definition) is 2. The Morgan fingerprint density at radius 2 is 2.18 bits per heavy atom. The van der Waals surface area contributed by atoms with Crippen LogP contribution in [0.4, 0.5) is 0 Å². The molecule has 2 aliphatic rings. The number of methoxy groups -OCH3 is 1. The third-order valence-corrected chi connectivity index (χ3v) is 4.16. The van der Waals surface area contributed by atoms with Crippen molar-refractivity contribution in [3.63, 3.8) is 0 Å². The Balaban J connectivity index is 0.00000144. The fraction of sp³-hybridized carbons (Fsp3) is 0.917. The van der Waals surface area contributed by atoms with E-state index in [4.69, 9.17) is 4.74 Å². The molecule has 1 heterocycles. The summed E-state index contributed by atoms with van der Waals surface area (Å²) in [6.45, 7) is 5.27. The van der Waals surface area contributed by atoms with Crippen LogP contribution in [0.3, 0.4) is 0 Å². The van der Waals surface area contributed by atoms with Crippen LogP contribution in [-0.4, -0.2) is 37.7 Å². The van der Waals surface area contributed by atoms with E-state index < -0.39 is 0 Å². The molecular formula is C12H23ClN2O2. The van der Waals surface area contributed by atoms with E-state index in [1.54, 1.807) is 7.11 Å². The molecule has 1 saturated heterocycles. The Kier molecular flexibility index (Phi) is 4.81. The third kappa shape index (κ3) is 2.75. The summed E-state index contributed by atoms with van der Waals surface area (Å²) in [5, 5.41) is 6.35. The van der Waals surface area contributed by atoms with Gasteiger partial charge in [0, 0.05) is 18.6 Å². The maximum absolute atomic E-state index is 11.9. The van der Waals surface area contributed by atoms with Crippen LogP contribution in [0, 0.1) is 5.41 Å². The quantitative estimate of drug-likeness (QED) is 0.801. The Hall–Kier alpha value is -0.320. The predicted molar refractivity (Wildman–Crippen MR) is 69.4 cm³/mol. The largest absolute Gasteiger partial charge is 0.381 e. The van der Waals surface area contributed by atoms with Gasteiger partial charge in [0.05, 0.1) is 12.1 Å². The molecule has 3 unspecified atom stereocenters. The molecule has 1 saturated carbocycles. The summed E-state index contributed by atoms with van der Waals surface area (Å²) in [5.74, 6) is 0.158. The monoisotopic (exact) mass is 262 g/mol. The van der Waals surface area contributed by atoms with Gasteiger partial charge in [-0.15, -0.1) is 12.4 Å². The van der Waals surface area contributed by atoms with Crippen molar-refractivity contribution in [1.82, 2.24) is 10.6 Å². The highest BCUT2D eigenvalue weighted by Crippen LogP contribution is 2.42. The first kappa shape index (κ1) is 14.7. The summed E-state index contributed by atoms with van der Waals surface area (Å²) in [6, 6.07) is 0.282. The zero-order chi connectivity index (χ0) is 11.8. The molecule has 2 rings (SSSR count). The van der Waals surface area contributed by atoms with Crippen molar-refractivity contribution in [2.24, 2.45) is 5.41 Å². The van der Waals surface area contributed by atoms with E-state index in [2.05, 4.69) is 24.5 Å². The molecule has 0 aromatic rings. The van der Waals surface area contributed by atoms with E-state index in [1.807, 2.05) is 0 Å². The molecule has 4 nitrogen and oxygen atoms in total. The lowest BCUT2D eigenvalue weighted by molar-refractivity contribution is -0.134. The number of ether oxygens (including phenoxy) is 1. The van der Waals surface area contributed by atoms with Gasteiger partial charge in [-0.3, -0.25) is 4.79 Å². The average molecular weight is 263 g/mol. The van der Waals surface area contributed by atoms with Gasteiger partial charge in [0.25, 0.3) is 0 Å². The first-order valence-corrected chi connectivity index (χ1v) is 6.12. The van der Waals surface area contributed by atoms with E-state index in [1.165, 1.54) is 0 Å². The number of hydrogen-bond acceptors (Lipinski definition) is 3. The van der Waals surface area contributed by atoms with Crippen LogP contribution in [-0.2, 0) is 9.53 Å². The molecule has 1 aliphatic carbocycles. The van der Waals surface area contributed by atoms with Crippen LogP contribution < -0.4 is 10.6 Å². The van der Waals surface area contributed by atoms with Gasteiger partial charge >= 0.3 is 0 Å². The van der Waals surface area contributed by atoms with E-state index in [9.17, 15) is 4.79 Å². The fourth-order valence-corrected chi connectivity index (χ4v) is 2.71. The van der Waals surface area contributed by atoms with Gasteiger partial charge in [0.15, 0.2) is 0 Å². The smallest absolute Gasteiger partial charge is 0.237 e. The molecule has 5 heteroatoms. The Morgan fingerprint density at radius 3 is 2.65 bits per heavy atom. The molecule has 3 atom stereocenters. The van der Waals surface area contributed by atoms with E-state index >= 15 is 0 Å². The highest BCUT2D eigenvalue weighted by molar-refractivity contribution is 5.85. The lowest BCUT2D eigenvalue weighted by atomic mass is 9.64. The second-order valence-electron chi connectivity index (χ2n) is 5.49. The summed E-state index contributed by atoms with van der Waals surface area (Å²) >= 11 is 0. The van der Waals surface area contributed by atoms with Crippen LogP contribution in [0.15, 0.2) is 0 Å². The van der Waals surface area contributed by atoms with Crippen LogP contribution >= 0.6 is 12.4 Å². The molecule has 0 bridgehead atoms. The fourth-order valence-electron chi connectivity index (χ4n) is 2.71. The molecule has 100 valence electrons. The molecule has 17 heavy (non-hydrogen) atoms. The van der Waals surface area contributed by atoms with Crippen molar-refractivity contribution in [3.8, 4) is 0 Å². The number of amides is 1. The van der Waals surface area contributed by atoms with Crippen molar-refractivity contribution in [1.29, 1.82) is 0 Å². The second-order valence-corrected chi connectivity index (χ2v) is 5.49. The normalized spacial score (nSPS) is 34.6. The average Bonchev–Trinajstić information content (AvgIpc) is 2.76. The number of nitrogens with one attached hydrogen (secondary N) is 2. The van der Waals surface area contributed by atoms with E-state index in [0.29, 0.717) is 0 Å². The highest BCUT2D eigenvalue weighted by atomic mass is 35.5. The highest BCUT2D eigenvalue weighted by Gasteiger charge is 2.49. The lowest BCUT2D eigenvalue weighted by Gasteiger charge is -2.51. The maximum atomic E-state index is 11.9. The predicted octanol–water partition coefficient (Wildman–Crippen LogP) is 1.09. The molecule has 2 N–H and O–H groups in total. The van der Waals surface area contributed by atoms with Gasteiger partial charge in [0.2, 0.25) is 5.91 Å². The third-order valence-electron chi connectivity index (χ3n) is 4.16. The molecular weight excluding hydrogens is 240 g/mol. The van der Waals surface area contributed by atoms with Gasteiger partial charge < -0.3 is 15.4 Å². The van der Waals surface area contributed by atoms with E-state index in [-0.39, 0.29) is 41.9 Å². The van der Waals surface area contributed by atoms with Gasteiger partial charge in [-0.2, -0.15) is 0 Å². The Morgan fingerprint density at radius 1 is 1.47 bits per heavy atom. The topological polar surface area (TPSA) is 50.4 Å². The van der Waals surface area contributed by atoms with Crippen molar-refractivity contribution >= 4 is 18.3 Å². The zero-order valence-corrected chi connectivity index (χ0v) is 11.6. The minimum absolute atomic E-state index is 0. The summed E-state index contributed by atoms with van der Waals surface area (Å²) in [5.41, 5.74) is 0.0585. The zero-order valence-electron chi connectivity index (χ0n) is 10.8. The first-order chi connectivity index (χ1) is 7.55. The van der Waals surface area contributed by atoms with Crippen LogP contribution in [0.2, 0.25) is 0 Å². The molecule has 0 aromatic carbocycles. The molecule has 1 aliphatic heterocycles. The van der Waals surface area contributed by atoms with Crippen LogP contribution in [0.5, 0.6) is 0 Å². The van der Waals surface area contributed by atoms with E-state index in [0.717, 1.165) is 25.8 Å². The van der Waals surface area contributed by atoms with Gasteiger partial charge in [-0.25, -0.2) is 0 Å². The molecule has 0 spiro atoms. The number of carbonyl (C=O) groups excluding carboxylic acids is 1. The van der Waals surface area contributed by atoms with Gasteiger partial charge in [-0.05, 0) is 25.8 Å². The number of halogens is 1. The van der Waals surface area contributed by atoms with Crippen molar-refractivity contribution in [2.75, 3.05) is 13.7 Å². The maximum Gasteiger partial charge on any atom is 0.237 e. The Bertz CT molecular complexity index is 278. The minimum Gasteiger partial charge on any atom is -0.381 e. The summed E-state index contributed by atoms with van der Waals surface area (Å²) < 4.78 is 5.37. The first-order valence-electron chi connectivity index (χ1n) is 6.12. The second kappa shape index (κ2) is 5.55. The van der Waals surface area contributed by atoms with Crippen LogP contribution in [0.25, 0.3) is 0 Å². The summed E-state index contributed by atoms with van der Waals surface area (Å²) in [4.78, 5) is 11.9. The molecule has 1 amide bonds. The lowest BCUT2D eigenvalue weighted by Crippen LogP contribution is -2.63. The summed E-state index contributed by atoms with van der Waals surface area (Å²) in [7, 11) is 1.74. The van der Waals surface area contributed by atoms with Gasteiger partial charge in [-0.1, -0.05) is 13.8 Å². The van der Waals surface area contributed by atoms with Crippen molar-refractivity contribution in [2.45, 2.75) is 51.3 Å². The number of carbonyl (C=O) groups is 1. The SMILES string of the molecule is COC1CC(NC(=O)C2CCCN2)C1(C)C.Cl. The number of rotatable bonds is 3. The van der Waals surface area contributed by atoms with Crippen molar-refractivity contribution in [3.05, 3.63) is 0 Å². The Labute approximate surface area is 109 Å². The standard InChI is InChI=1S/C12H22N2O2.ClH/c1-12(2)9(7-10(12)16-3)14-11(15)8-5-4-6-13-8;/h8-10,13H,4-7H2,1-3H3,(H,14,15);1H. The van der Waals surface area contributed by atoms with Gasteiger partial charge in [0.1, 0.15) is 0 Å².